The molecule has 0 bridgehead atoms. The van der Waals surface area contributed by atoms with Gasteiger partial charge in [0.2, 0.25) is 0 Å². The zero-order chi connectivity index (χ0) is 11.5. The third-order valence-electron chi connectivity index (χ3n) is 2.03. The molecule has 1 rings (SSSR count). The maximum atomic E-state index is 8.25. The average Bonchev–Trinajstić information content (AvgIpc) is 2.28. The zero-order valence-electron chi connectivity index (χ0n) is 9.31. The van der Waals surface area contributed by atoms with Gasteiger partial charge in [0, 0.05) is 12.0 Å². The maximum Gasteiger partial charge on any atom is 0.133 e. The summed E-state index contributed by atoms with van der Waals surface area (Å²) >= 11 is 0. The van der Waals surface area contributed by atoms with Crippen molar-refractivity contribution in [2.75, 3.05) is 11.5 Å². The highest BCUT2D eigenvalue weighted by Gasteiger charge is 2.11. The fourth-order valence-electron chi connectivity index (χ4n) is 1.22. The van der Waals surface area contributed by atoms with Gasteiger partial charge in [0.1, 0.15) is 17.3 Å². The molecule has 0 radical (unpaired) electrons. The van der Waals surface area contributed by atoms with E-state index < -0.39 is 6.47 Å². The quantitative estimate of drug-likeness (QED) is 0.572. The van der Waals surface area contributed by atoms with Gasteiger partial charge in [-0.1, -0.05) is 30.3 Å². The van der Waals surface area contributed by atoms with E-state index in [0.29, 0.717) is 10.9 Å². The van der Waals surface area contributed by atoms with Crippen LogP contribution in [-0.4, -0.2) is 18.0 Å². The lowest BCUT2D eigenvalue weighted by molar-refractivity contribution is -0.283. The molecule has 1 aromatic carbocycles. The van der Waals surface area contributed by atoms with Gasteiger partial charge >= 0.3 is 0 Å². The molecule has 15 heavy (non-hydrogen) atoms. The molecule has 0 atom stereocenters. The van der Waals surface area contributed by atoms with Crippen molar-refractivity contribution in [2.45, 2.75) is 19.6 Å². The molecule has 0 saturated carbocycles. The SMILES string of the molecule is CC[S+](CC)Cc1ccccc1.O=C[O-]. The lowest BCUT2D eigenvalue weighted by Gasteiger charge is -2.03. The summed E-state index contributed by atoms with van der Waals surface area (Å²) in [5.74, 6) is 3.92. The Kier molecular flexibility index (Phi) is 8.98. The number of hydrogen-bond donors (Lipinski definition) is 0. The van der Waals surface area contributed by atoms with Crippen molar-refractivity contribution in [1.29, 1.82) is 0 Å². The van der Waals surface area contributed by atoms with Crippen molar-refractivity contribution in [3.8, 4) is 0 Å². The van der Waals surface area contributed by atoms with Crippen LogP contribution in [0.5, 0.6) is 0 Å². The maximum absolute atomic E-state index is 8.25. The van der Waals surface area contributed by atoms with Crippen LogP contribution in [0, 0.1) is 0 Å². The Morgan fingerprint density at radius 1 is 1.20 bits per heavy atom. The van der Waals surface area contributed by atoms with Gasteiger partial charge in [-0.2, -0.15) is 0 Å². The molecule has 0 unspecified atom stereocenters. The monoisotopic (exact) mass is 226 g/mol. The van der Waals surface area contributed by atoms with Crippen LogP contribution in [0.4, 0.5) is 0 Å². The number of benzene rings is 1. The van der Waals surface area contributed by atoms with E-state index in [1.54, 1.807) is 0 Å². The van der Waals surface area contributed by atoms with Gasteiger partial charge in [0.05, 0.1) is 0 Å². The summed E-state index contributed by atoms with van der Waals surface area (Å²) in [5, 5.41) is 8.25. The van der Waals surface area contributed by atoms with Gasteiger partial charge in [0.15, 0.2) is 0 Å². The van der Waals surface area contributed by atoms with Gasteiger partial charge in [-0.15, -0.1) is 0 Å². The van der Waals surface area contributed by atoms with Crippen LogP contribution >= 0.6 is 0 Å². The molecule has 1 aromatic rings. The second kappa shape index (κ2) is 9.59. The molecular formula is C12H18O2S. The summed E-state index contributed by atoms with van der Waals surface area (Å²) in [6.07, 6.45) is 0. The van der Waals surface area contributed by atoms with Gasteiger partial charge in [-0.05, 0) is 24.7 Å². The third kappa shape index (κ3) is 7.03. The topological polar surface area (TPSA) is 40.1 Å². The van der Waals surface area contributed by atoms with Gasteiger partial charge < -0.3 is 9.90 Å². The highest BCUT2D eigenvalue weighted by atomic mass is 32.2. The second-order valence-corrected chi connectivity index (χ2v) is 5.58. The van der Waals surface area contributed by atoms with Gasteiger partial charge in [0.25, 0.3) is 0 Å². The van der Waals surface area contributed by atoms with E-state index in [-0.39, 0.29) is 0 Å². The van der Waals surface area contributed by atoms with Crippen LogP contribution in [0.3, 0.4) is 0 Å². The Hall–Kier alpha value is -0.960. The van der Waals surface area contributed by atoms with E-state index in [4.69, 9.17) is 9.90 Å². The van der Waals surface area contributed by atoms with Crippen LogP contribution in [-0.2, 0) is 21.4 Å². The van der Waals surface area contributed by atoms with Crippen molar-refractivity contribution in [2.24, 2.45) is 0 Å². The smallest absolute Gasteiger partial charge is 0.133 e. The first-order valence-electron chi connectivity index (χ1n) is 5.02. The van der Waals surface area contributed by atoms with E-state index in [1.165, 1.54) is 22.8 Å². The summed E-state index contributed by atoms with van der Waals surface area (Å²) in [6, 6.07) is 10.8. The van der Waals surface area contributed by atoms with Crippen molar-refractivity contribution >= 4 is 17.4 Å². The van der Waals surface area contributed by atoms with E-state index in [1.807, 2.05) is 0 Å². The van der Waals surface area contributed by atoms with Crippen LogP contribution in [0.15, 0.2) is 30.3 Å². The van der Waals surface area contributed by atoms with Crippen molar-refractivity contribution in [3.63, 3.8) is 0 Å². The molecule has 0 aliphatic rings. The molecule has 2 nitrogen and oxygen atoms in total. The molecule has 0 saturated heterocycles. The summed E-state index contributed by atoms with van der Waals surface area (Å²) in [5.41, 5.74) is 1.49. The third-order valence-corrected chi connectivity index (χ3v) is 4.40. The summed E-state index contributed by atoms with van der Waals surface area (Å²) < 4.78 is 0. The van der Waals surface area contributed by atoms with Crippen LogP contribution in [0.1, 0.15) is 19.4 Å². The highest BCUT2D eigenvalue weighted by molar-refractivity contribution is 7.96. The molecule has 0 aliphatic carbocycles. The number of hydrogen-bond acceptors (Lipinski definition) is 2. The lowest BCUT2D eigenvalue weighted by Crippen LogP contribution is -2.10. The molecule has 0 N–H and O–H groups in total. The van der Waals surface area contributed by atoms with Crippen LogP contribution in [0.2, 0.25) is 0 Å². The van der Waals surface area contributed by atoms with Crippen LogP contribution in [0.25, 0.3) is 0 Å². The molecule has 0 aromatic heterocycles. The van der Waals surface area contributed by atoms with Crippen molar-refractivity contribution in [1.82, 2.24) is 0 Å². The highest BCUT2D eigenvalue weighted by Crippen LogP contribution is 2.08. The predicted molar refractivity (Wildman–Crippen MR) is 64.7 cm³/mol. The van der Waals surface area contributed by atoms with E-state index in [9.17, 15) is 0 Å². The minimum Gasteiger partial charge on any atom is -0.554 e. The molecule has 0 fully saturated rings. The summed E-state index contributed by atoms with van der Waals surface area (Å²) in [7, 11) is 0.611. The van der Waals surface area contributed by atoms with Crippen LogP contribution < -0.4 is 5.11 Å². The fourth-order valence-corrected chi connectivity index (χ4v) is 2.70. The molecule has 0 aliphatic heterocycles. The molecule has 3 heteroatoms. The Balaban J connectivity index is 0.000000583. The van der Waals surface area contributed by atoms with Gasteiger partial charge in [-0.25, -0.2) is 0 Å². The number of rotatable bonds is 4. The Bertz CT molecular complexity index is 245. The first-order chi connectivity index (χ1) is 7.28. The van der Waals surface area contributed by atoms with E-state index in [0.717, 1.165) is 0 Å². The lowest BCUT2D eigenvalue weighted by atomic mass is 10.2. The zero-order valence-corrected chi connectivity index (χ0v) is 10.1. The predicted octanol–water partition coefficient (Wildman–Crippen LogP) is 1.21. The molecule has 0 spiro atoms. The Morgan fingerprint density at radius 3 is 2.07 bits per heavy atom. The number of carboxylic acid groups (broad SMARTS) is 1. The van der Waals surface area contributed by atoms with Gasteiger partial charge in [-0.3, -0.25) is 0 Å². The first kappa shape index (κ1) is 14.0. The summed E-state index contributed by atoms with van der Waals surface area (Å²) in [6.45, 7) is 4.07. The average molecular weight is 226 g/mol. The second-order valence-electron chi connectivity index (χ2n) is 2.92. The standard InChI is InChI=1S/C11H17S.CH2O2/c1-3-12(4-2)10-11-8-6-5-7-9-11;2-1-3/h5-9H,3-4,10H2,1-2H3;1H,(H,2,3)/q+1;/p-1. The largest absolute Gasteiger partial charge is 0.554 e. The van der Waals surface area contributed by atoms with Crippen molar-refractivity contribution < 1.29 is 9.90 Å². The van der Waals surface area contributed by atoms with E-state index in [2.05, 4.69) is 44.2 Å². The number of carbonyl (C=O) groups is 1. The normalized spacial score (nSPS) is 9.27. The fraction of sp³-hybridized carbons (Fsp3) is 0.417. The Labute approximate surface area is 94.7 Å². The Morgan fingerprint density at radius 2 is 1.67 bits per heavy atom. The summed E-state index contributed by atoms with van der Waals surface area (Å²) in [4.78, 5) is 8.25. The molecular weight excluding hydrogens is 208 g/mol. The van der Waals surface area contributed by atoms with E-state index >= 15 is 0 Å². The molecule has 0 amide bonds. The molecule has 0 heterocycles. The number of carbonyl (C=O) groups excluding carboxylic acids is 1. The minimum atomic E-state index is -0.500. The minimum absolute atomic E-state index is 0.500. The molecule has 84 valence electrons. The first-order valence-corrected chi connectivity index (χ1v) is 6.75. The van der Waals surface area contributed by atoms with Crippen molar-refractivity contribution in [3.05, 3.63) is 35.9 Å².